The topological polar surface area (TPSA) is 66.9 Å². The highest BCUT2D eigenvalue weighted by Crippen LogP contribution is 2.33. The van der Waals surface area contributed by atoms with Gasteiger partial charge in [-0.3, -0.25) is 9.59 Å². The standard InChI is InChI=1S/C35H25ClN2O4/c1-23-16-17-24-10-8-9-15-29(24)31(23)22-42-32-19-18-26(36)20-25(32)21-30-33(39)37(27-11-4-2-5-12-27)35(41)38(34(30)40)28-13-6-3-7-14-28/h2-21H,22H2,1H3. The van der Waals surface area contributed by atoms with Gasteiger partial charge in [-0.1, -0.05) is 84.4 Å². The number of carbonyl (C=O) groups excluding carboxylic acids is 3. The van der Waals surface area contributed by atoms with Crippen LogP contribution >= 0.6 is 11.6 Å². The van der Waals surface area contributed by atoms with Crippen molar-refractivity contribution >= 4 is 57.7 Å². The molecule has 0 radical (unpaired) electrons. The maximum atomic E-state index is 13.8. The molecule has 4 amide bonds. The van der Waals surface area contributed by atoms with Gasteiger partial charge in [0, 0.05) is 16.1 Å². The van der Waals surface area contributed by atoms with Crippen LogP contribution < -0.4 is 14.5 Å². The second-order valence-electron chi connectivity index (χ2n) is 9.85. The van der Waals surface area contributed by atoms with Crippen molar-refractivity contribution in [2.75, 3.05) is 9.80 Å². The highest BCUT2D eigenvalue weighted by Gasteiger charge is 2.43. The molecule has 0 atom stereocenters. The Balaban J connectivity index is 1.42. The van der Waals surface area contributed by atoms with Gasteiger partial charge < -0.3 is 4.74 Å². The Kier molecular flexibility index (Phi) is 7.30. The van der Waals surface area contributed by atoms with Crippen LogP contribution in [0.1, 0.15) is 16.7 Å². The molecule has 0 aliphatic carbocycles. The van der Waals surface area contributed by atoms with Crippen molar-refractivity contribution in [2.24, 2.45) is 0 Å². The lowest BCUT2D eigenvalue weighted by Gasteiger charge is -2.34. The minimum absolute atomic E-state index is 0.198. The van der Waals surface area contributed by atoms with Crippen LogP contribution in [0, 0.1) is 6.92 Å². The number of ether oxygens (including phenoxy) is 1. The number of aryl methyl sites for hydroxylation is 1. The first kappa shape index (κ1) is 27.0. The summed E-state index contributed by atoms with van der Waals surface area (Å²) < 4.78 is 6.30. The minimum Gasteiger partial charge on any atom is -0.488 e. The molecule has 1 heterocycles. The smallest absolute Gasteiger partial charge is 0.343 e. The number of anilines is 2. The summed E-state index contributed by atoms with van der Waals surface area (Å²) in [5, 5.41) is 2.59. The SMILES string of the molecule is Cc1ccc2ccccc2c1COc1ccc(Cl)cc1C=C1C(=O)N(c2ccccc2)C(=O)N(c2ccccc2)C1=O. The van der Waals surface area contributed by atoms with Crippen LogP contribution in [0.4, 0.5) is 16.2 Å². The third-order valence-corrected chi connectivity index (χ3v) is 7.43. The van der Waals surface area contributed by atoms with Crippen molar-refractivity contribution in [3.8, 4) is 5.75 Å². The molecule has 6 nitrogen and oxygen atoms in total. The molecule has 7 heteroatoms. The van der Waals surface area contributed by atoms with Crippen LogP contribution in [0.2, 0.25) is 5.02 Å². The third-order valence-electron chi connectivity index (χ3n) is 7.20. The number of halogens is 1. The molecule has 42 heavy (non-hydrogen) atoms. The minimum atomic E-state index is -0.756. The highest BCUT2D eigenvalue weighted by molar-refractivity contribution is 6.46. The molecule has 0 saturated carbocycles. The number of fused-ring (bicyclic) bond motifs is 1. The van der Waals surface area contributed by atoms with Gasteiger partial charge in [0.25, 0.3) is 11.8 Å². The Labute approximate surface area is 248 Å². The second-order valence-corrected chi connectivity index (χ2v) is 10.3. The van der Waals surface area contributed by atoms with Gasteiger partial charge in [0.1, 0.15) is 17.9 Å². The quantitative estimate of drug-likeness (QED) is 0.153. The number of barbiturate groups is 1. The normalized spacial score (nSPS) is 13.6. The fourth-order valence-corrected chi connectivity index (χ4v) is 5.23. The number of amides is 4. The monoisotopic (exact) mass is 572 g/mol. The molecule has 6 rings (SSSR count). The number of nitrogens with zero attached hydrogens (tertiary/aromatic N) is 2. The molecule has 1 fully saturated rings. The first-order valence-corrected chi connectivity index (χ1v) is 13.7. The van der Waals surface area contributed by atoms with Crippen LogP contribution in [-0.2, 0) is 16.2 Å². The van der Waals surface area contributed by atoms with Crippen molar-refractivity contribution < 1.29 is 19.1 Å². The van der Waals surface area contributed by atoms with Crippen molar-refractivity contribution in [1.29, 1.82) is 0 Å². The van der Waals surface area contributed by atoms with Gasteiger partial charge in [-0.15, -0.1) is 0 Å². The van der Waals surface area contributed by atoms with Crippen LogP contribution in [0.25, 0.3) is 16.8 Å². The molecule has 206 valence electrons. The van der Waals surface area contributed by atoms with E-state index in [-0.39, 0.29) is 12.2 Å². The predicted octanol–water partition coefficient (Wildman–Crippen LogP) is 7.96. The first-order chi connectivity index (χ1) is 20.4. The molecular weight excluding hydrogens is 548 g/mol. The van der Waals surface area contributed by atoms with Gasteiger partial charge in [-0.2, -0.15) is 0 Å². The molecule has 5 aromatic rings. The molecule has 0 spiro atoms. The van der Waals surface area contributed by atoms with Crippen molar-refractivity contribution in [1.82, 2.24) is 0 Å². The second kappa shape index (κ2) is 11.4. The summed E-state index contributed by atoms with van der Waals surface area (Å²) in [5.41, 5.74) is 3.04. The van der Waals surface area contributed by atoms with Gasteiger partial charge in [0.2, 0.25) is 0 Å². The molecule has 0 N–H and O–H groups in total. The number of rotatable bonds is 6. The maximum absolute atomic E-state index is 13.8. The summed E-state index contributed by atoms with van der Waals surface area (Å²) in [7, 11) is 0. The molecule has 0 aromatic heterocycles. The lowest BCUT2D eigenvalue weighted by atomic mass is 10.0. The molecule has 5 aromatic carbocycles. The lowest BCUT2D eigenvalue weighted by Crippen LogP contribution is -2.57. The summed E-state index contributed by atoms with van der Waals surface area (Å²) in [5.74, 6) is -1.03. The van der Waals surface area contributed by atoms with Crippen molar-refractivity contribution in [3.63, 3.8) is 0 Å². The zero-order valence-corrected chi connectivity index (χ0v) is 23.4. The van der Waals surface area contributed by atoms with Crippen LogP contribution in [0.15, 0.2) is 121 Å². The van der Waals surface area contributed by atoms with Gasteiger partial charge >= 0.3 is 6.03 Å². The van der Waals surface area contributed by atoms with Crippen LogP contribution in [-0.4, -0.2) is 17.8 Å². The van der Waals surface area contributed by atoms with Crippen molar-refractivity contribution in [2.45, 2.75) is 13.5 Å². The van der Waals surface area contributed by atoms with E-state index in [0.717, 1.165) is 31.7 Å². The highest BCUT2D eigenvalue weighted by atomic mass is 35.5. The summed E-state index contributed by atoms with van der Waals surface area (Å²) in [6.07, 6.45) is 1.44. The molecule has 1 aliphatic heterocycles. The fraction of sp³-hybridized carbons (Fsp3) is 0.0571. The summed E-state index contributed by atoms with van der Waals surface area (Å²) in [4.78, 5) is 43.2. The maximum Gasteiger partial charge on any atom is 0.343 e. The zero-order chi connectivity index (χ0) is 29.2. The number of hydrogen-bond acceptors (Lipinski definition) is 4. The zero-order valence-electron chi connectivity index (χ0n) is 22.7. The number of carbonyl (C=O) groups is 3. The molecule has 0 unspecified atom stereocenters. The van der Waals surface area contributed by atoms with Gasteiger partial charge in [0.05, 0.1) is 11.4 Å². The number of imide groups is 2. The van der Waals surface area contributed by atoms with Gasteiger partial charge in [-0.05, 0) is 71.8 Å². The fourth-order valence-electron chi connectivity index (χ4n) is 5.04. The van der Waals surface area contributed by atoms with Crippen LogP contribution in [0.3, 0.4) is 0 Å². The average Bonchev–Trinajstić information content (AvgIpc) is 3.01. The van der Waals surface area contributed by atoms with E-state index in [4.69, 9.17) is 16.3 Å². The number of benzene rings is 5. The van der Waals surface area contributed by atoms with E-state index in [1.807, 2.05) is 19.1 Å². The largest absolute Gasteiger partial charge is 0.488 e. The molecular formula is C35H25ClN2O4. The lowest BCUT2D eigenvalue weighted by molar-refractivity contribution is -0.121. The van der Waals surface area contributed by atoms with Crippen LogP contribution in [0.5, 0.6) is 5.75 Å². The Morgan fingerprint density at radius 1 is 0.714 bits per heavy atom. The average molecular weight is 573 g/mol. The Morgan fingerprint density at radius 2 is 1.31 bits per heavy atom. The van der Waals surface area contributed by atoms with E-state index in [2.05, 4.69) is 24.3 Å². The van der Waals surface area contributed by atoms with Gasteiger partial charge in [-0.25, -0.2) is 14.6 Å². The van der Waals surface area contributed by atoms with E-state index in [1.165, 1.54) is 6.08 Å². The van der Waals surface area contributed by atoms with E-state index in [1.54, 1.807) is 78.9 Å². The number of urea groups is 1. The third kappa shape index (κ3) is 5.04. The van der Waals surface area contributed by atoms with E-state index in [0.29, 0.717) is 27.7 Å². The van der Waals surface area contributed by atoms with Gasteiger partial charge in [0.15, 0.2) is 0 Å². The number of hydrogen-bond donors (Lipinski definition) is 0. The van der Waals surface area contributed by atoms with Crippen molar-refractivity contribution in [3.05, 3.63) is 143 Å². The predicted molar refractivity (Wildman–Crippen MR) is 166 cm³/mol. The summed E-state index contributed by atoms with van der Waals surface area (Å²) >= 11 is 6.37. The Hall–Kier alpha value is -5.20. The first-order valence-electron chi connectivity index (χ1n) is 13.4. The van der Waals surface area contributed by atoms with E-state index >= 15 is 0 Å². The van der Waals surface area contributed by atoms with E-state index in [9.17, 15) is 14.4 Å². The Morgan fingerprint density at radius 3 is 1.95 bits per heavy atom. The Bertz CT molecular complexity index is 1810. The summed E-state index contributed by atoms with van der Waals surface area (Å²) in [6.45, 7) is 2.29. The molecule has 1 saturated heterocycles. The van der Waals surface area contributed by atoms with E-state index < -0.39 is 17.8 Å². The molecule has 1 aliphatic rings. The summed E-state index contributed by atoms with van der Waals surface area (Å²) in [6, 6.07) is 33.5. The molecule has 0 bridgehead atoms. The number of para-hydroxylation sites is 2.